The van der Waals surface area contributed by atoms with E-state index in [0.717, 1.165) is 5.56 Å². The van der Waals surface area contributed by atoms with Crippen LogP contribution >= 0.6 is 0 Å². The Morgan fingerprint density at radius 2 is 1.39 bits per heavy atom. The van der Waals surface area contributed by atoms with Crippen molar-refractivity contribution < 1.29 is 14.3 Å². The molecule has 0 bridgehead atoms. The summed E-state index contributed by atoms with van der Waals surface area (Å²) in [6.07, 6.45) is 0. The van der Waals surface area contributed by atoms with Gasteiger partial charge >= 0.3 is 0 Å². The molecule has 2 amide bonds. The lowest BCUT2D eigenvalue weighted by atomic mass is 10.1. The van der Waals surface area contributed by atoms with Crippen molar-refractivity contribution in [2.24, 2.45) is 0 Å². The maximum absolute atomic E-state index is 12.5. The number of carbonyl (C=O) groups is 2. The van der Waals surface area contributed by atoms with Crippen molar-refractivity contribution in [3.63, 3.8) is 0 Å². The zero-order valence-electron chi connectivity index (χ0n) is 15.6. The van der Waals surface area contributed by atoms with Gasteiger partial charge in [-0.05, 0) is 48.9 Å². The fourth-order valence-corrected chi connectivity index (χ4v) is 2.70. The highest BCUT2D eigenvalue weighted by molar-refractivity contribution is 6.05. The minimum atomic E-state index is -0.261. The van der Waals surface area contributed by atoms with E-state index in [-0.39, 0.29) is 11.8 Å². The highest BCUT2D eigenvalue weighted by atomic mass is 16.5. The summed E-state index contributed by atoms with van der Waals surface area (Å²) in [6.45, 7) is 2.86. The Hall–Kier alpha value is -3.60. The van der Waals surface area contributed by atoms with Crippen molar-refractivity contribution in [3.8, 4) is 5.75 Å². The van der Waals surface area contributed by atoms with Gasteiger partial charge in [-0.25, -0.2) is 0 Å². The van der Waals surface area contributed by atoms with E-state index in [9.17, 15) is 9.59 Å². The fourth-order valence-electron chi connectivity index (χ4n) is 2.70. The minimum absolute atomic E-state index is 0.183. The average molecular weight is 374 g/mol. The Balaban J connectivity index is 1.62. The molecule has 0 aromatic heterocycles. The van der Waals surface area contributed by atoms with Crippen LogP contribution in [0.4, 0.5) is 5.69 Å². The third-order valence-corrected chi connectivity index (χ3v) is 4.14. The normalized spacial score (nSPS) is 10.2. The number of rotatable bonds is 7. The van der Waals surface area contributed by atoms with E-state index in [1.165, 1.54) is 0 Å². The van der Waals surface area contributed by atoms with Gasteiger partial charge < -0.3 is 15.4 Å². The molecule has 0 saturated heterocycles. The summed E-state index contributed by atoms with van der Waals surface area (Å²) in [5, 5.41) is 5.71. The van der Waals surface area contributed by atoms with Gasteiger partial charge in [-0.2, -0.15) is 0 Å². The van der Waals surface area contributed by atoms with Crippen LogP contribution in [0.1, 0.15) is 33.2 Å². The number of benzene rings is 3. The fraction of sp³-hybridized carbons (Fsp3) is 0.130. The number of hydrogen-bond acceptors (Lipinski definition) is 3. The Kier molecular flexibility index (Phi) is 6.41. The van der Waals surface area contributed by atoms with E-state index in [1.807, 2.05) is 49.4 Å². The first-order chi connectivity index (χ1) is 13.7. The molecule has 3 rings (SSSR count). The molecule has 0 fully saturated rings. The number of para-hydroxylation sites is 2. The number of carbonyl (C=O) groups excluding carboxylic acids is 2. The number of hydrogen-bond donors (Lipinski definition) is 2. The summed E-state index contributed by atoms with van der Waals surface area (Å²) in [4.78, 5) is 24.8. The predicted molar refractivity (Wildman–Crippen MR) is 110 cm³/mol. The first-order valence-corrected chi connectivity index (χ1v) is 9.12. The van der Waals surface area contributed by atoms with Crippen LogP contribution in [0, 0.1) is 0 Å². The van der Waals surface area contributed by atoms with Crippen LogP contribution in [0.5, 0.6) is 5.75 Å². The summed E-state index contributed by atoms with van der Waals surface area (Å²) in [6, 6.07) is 23.5. The van der Waals surface area contributed by atoms with Crippen LogP contribution in [-0.4, -0.2) is 18.4 Å². The Morgan fingerprint density at radius 3 is 2.07 bits per heavy atom. The molecule has 0 saturated carbocycles. The second-order valence-electron chi connectivity index (χ2n) is 6.13. The summed E-state index contributed by atoms with van der Waals surface area (Å²) in [5.41, 5.74) is 2.60. The largest absolute Gasteiger partial charge is 0.492 e. The average Bonchev–Trinajstić information content (AvgIpc) is 2.74. The van der Waals surface area contributed by atoms with Gasteiger partial charge in [0.05, 0.1) is 12.3 Å². The molecular formula is C23H22N2O3. The van der Waals surface area contributed by atoms with Gasteiger partial charge in [-0.15, -0.1) is 0 Å². The lowest BCUT2D eigenvalue weighted by Crippen LogP contribution is -2.23. The Labute approximate surface area is 164 Å². The van der Waals surface area contributed by atoms with Crippen molar-refractivity contribution in [1.82, 2.24) is 5.32 Å². The quantitative estimate of drug-likeness (QED) is 0.649. The van der Waals surface area contributed by atoms with E-state index in [0.29, 0.717) is 35.7 Å². The summed E-state index contributed by atoms with van der Waals surface area (Å²) in [7, 11) is 0. The third-order valence-electron chi connectivity index (χ3n) is 4.14. The Morgan fingerprint density at radius 1 is 0.786 bits per heavy atom. The van der Waals surface area contributed by atoms with Gasteiger partial charge in [0.15, 0.2) is 0 Å². The van der Waals surface area contributed by atoms with Crippen LogP contribution in [0.3, 0.4) is 0 Å². The van der Waals surface area contributed by atoms with Crippen LogP contribution in [0.2, 0.25) is 0 Å². The molecule has 0 aliphatic heterocycles. The summed E-state index contributed by atoms with van der Waals surface area (Å²) >= 11 is 0. The van der Waals surface area contributed by atoms with Gasteiger partial charge in [-0.3, -0.25) is 9.59 Å². The maximum atomic E-state index is 12.5. The SMILES string of the molecule is CCOc1ccccc1NC(=O)c1ccc(C(=O)NCc2ccccc2)cc1. The predicted octanol–water partition coefficient (Wildman–Crippen LogP) is 4.27. The van der Waals surface area contributed by atoms with E-state index in [4.69, 9.17) is 4.74 Å². The first kappa shape index (κ1) is 19.2. The van der Waals surface area contributed by atoms with Gasteiger partial charge in [0.25, 0.3) is 11.8 Å². The number of anilines is 1. The molecule has 0 aliphatic carbocycles. The van der Waals surface area contributed by atoms with Gasteiger partial charge in [0.2, 0.25) is 0 Å². The van der Waals surface area contributed by atoms with Crippen LogP contribution < -0.4 is 15.4 Å². The number of nitrogens with one attached hydrogen (secondary N) is 2. The zero-order chi connectivity index (χ0) is 19.8. The van der Waals surface area contributed by atoms with E-state index < -0.39 is 0 Å². The minimum Gasteiger partial charge on any atom is -0.492 e. The van der Waals surface area contributed by atoms with Gasteiger partial charge in [0, 0.05) is 17.7 Å². The second-order valence-corrected chi connectivity index (χ2v) is 6.13. The highest BCUT2D eigenvalue weighted by Crippen LogP contribution is 2.24. The molecule has 5 heteroatoms. The molecule has 0 atom stereocenters. The first-order valence-electron chi connectivity index (χ1n) is 9.12. The van der Waals surface area contributed by atoms with Gasteiger partial charge in [-0.1, -0.05) is 42.5 Å². The molecular weight excluding hydrogens is 352 g/mol. The van der Waals surface area contributed by atoms with Crippen molar-refractivity contribution in [1.29, 1.82) is 0 Å². The second kappa shape index (κ2) is 9.37. The lowest BCUT2D eigenvalue weighted by Gasteiger charge is -2.11. The molecule has 5 nitrogen and oxygen atoms in total. The maximum Gasteiger partial charge on any atom is 0.255 e. The molecule has 3 aromatic rings. The topological polar surface area (TPSA) is 67.4 Å². The van der Waals surface area contributed by atoms with Crippen molar-refractivity contribution in [2.45, 2.75) is 13.5 Å². The number of ether oxygens (including phenoxy) is 1. The standard InChI is InChI=1S/C23H22N2O3/c1-2-28-21-11-7-6-10-20(21)25-23(27)19-14-12-18(13-15-19)22(26)24-16-17-8-4-3-5-9-17/h3-15H,2,16H2,1H3,(H,24,26)(H,25,27). The van der Waals surface area contributed by atoms with Crippen molar-refractivity contribution in [2.75, 3.05) is 11.9 Å². The van der Waals surface area contributed by atoms with Gasteiger partial charge in [0.1, 0.15) is 5.75 Å². The molecule has 0 unspecified atom stereocenters. The van der Waals surface area contributed by atoms with E-state index in [2.05, 4.69) is 10.6 Å². The number of amides is 2. The molecule has 0 spiro atoms. The van der Waals surface area contributed by atoms with Crippen LogP contribution in [-0.2, 0) is 6.54 Å². The smallest absolute Gasteiger partial charge is 0.255 e. The monoisotopic (exact) mass is 374 g/mol. The van der Waals surface area contributed by atoms with E-state index >= 15 is 0 Å². The lowest BCUT2D eigenvalue weighted by molar-refractivity contribution is 0.0949. The molecule has 0 radical (unpaired) electrons. The molecule has 142 valence electrons. The van der Waals surface area contributed by atoms with Crippen LogP contribution in [0.25, 0.3) is 0 Å². The zero-order valence-corrected chi connectivity index (χ0v) is 15.6. The van der Waals surface area contributed by atoms with Crippen LogP contribution in [0.15, 0.2) is 78.9 Å². The summed E-state index contributed by atoms with van der Waals surface area (Å²) in [5.74, 6) is 0.177. The van der Waals surface area contributed by atoms with Crippen molar-refractivity contribution >= 4 is 17.5 Å². The Bertz CT molecular complexity index is 938. The third kappa shape index (κ3) is 4.98. The molecule has 0 heterocycles. The van der Waals surface area contributed by atoms with Crippen molar-refractivity contribution in [3.05, 3.63) is 95.6 Å². The molecule has 3 aromatic carbocycles. The highest BCUT2D eigenvalue weighted by Gasteiger charge is 2.11. The molecule has 0 aliphatic rings. The molecule has 28 heavy (non-hydrogen) atoms. The van der Waals surface area contributed by atoms with E-state index in [1.54, 1.807) is 36.4 Å². The molecule has 2 N–H and O–H groups in total. The summed E-state index contributed by atoms with van der Waals surface area (Å²) < 4.78 is 5.52.